The molecule has 0 spiro atoms. The summed E-state index contributed by atoms with van der Waals surface area (Å²) < 4.78 is 0. The summed E-state index contributed by atoms with van der Waals surface area (Å²) in [5.41, 5.74) is 15.1. The van der Waals surface area contributed by atoms with Gasteiger partial charge in [0.25, 0.3) is 0 Å². The first-order chi connectivity index (χ1) is 60.0. The van der Waals surface area contributed by atoms with Crippen molar-refractivity contribution in [1.82, 2.24) is 74.1 Å². The Bertz CT molecular complexity index is 4450. The number of hydrogen-bond donors (Lipinski definition) is 19. The van der Waals surface area contributed by atoms with Crippen LogP contribution in [0.4, 0.5) is 0 Å². The van der Waals surface area contributed by atoms with E-state index < -0.39 is 198 Å². The molecule has 15 atom stereocenters. The molecule has 0 bridgehead atoms. The predicted octanol–water partition coefficient (Wildman–Crippen LogP) is 4.80. The molecule has 0 saturated carbocycles. The molecule has 0 fully saturated rings. The molecule has 1 aromatic heterocycles. The average Bonchev–Trinajstić information content (AvgIpc) is 1.70. The number of aliphatic carboxylic acids is 2. The van der Waals surface area contributed by atoms with E-state index in [0.717, 1.165) is 5.56 Å². The Kier molecular flexibility index (Phi) is 44.1. The topological polar surface area (TPSA) is 541 Å². The van der Waals surface area contributed by atoms with Crippen molar-refractivity contribution in [3.63, 3.8) is 0 Å². The zero-order chi connectivity index (χ0) is 94.5. The molecule has 34 nitrogen and oxygen atoms in total. The number of phenolic OH excluding ortho intramolecular Hbond substituents is 1. The molecule has 0 radical (unpaired) electrons. The van der Waals surface area contributed by atoms with Crippen molar-refractivity contribution < 1.29 is 87.2 Å². The number of hydrogen-bond acceptors (Lipinski definition) is 18. The lowest BCUT2D eigenvalue weighted by Gasteiger charge is -2.30. The van der Waals surface area contributed by atoms with Crippen molar-refractivity contribution in [2.75, 3.05) is 6.54 Å². The number of unbranched alkanes of at least 4 members (excludes halogenated alkanes) is 1. The number of aromatic nitrogens is 1. The van der Waals surface area contributed by atoms with Crippen molar-refractivity contribution in [1.29, 1.82) is 0 Å². The minimum atomic E-state index is -1.77. The number of amides is 13. The van der Waals surface area contributed by atoms with Crippen molar-refractivity contribution >= 4 is 99.6 Å². The summed E-state index contributed by atoms with van der Waals surface area (Å²) in [5, 5.41) is 66.6. The number of carboxylic acid groups (broad SMARTS) is 2. The van der Waals surface area contributed by atoms with Crippen LogP contribution in [-0.4, -0.2) is 200 Å². The molecular weight excluding hydrogens is 1630 g/mol. The van der Waals surface area contributed by atoms with Gasteiger partial charge in [-0.15, -0.1) is 0 Å². The Balaban J connectivity index is 1.43. The molecule has 1 heterocycles. The summed E-state index contributed by atoms with van der Waals surface area (Å²) in [7, 11) is 0. The van der Waals surface area contributed by atoms with Crippen LogP contribution in [0.25, 0.3) is 10.9 Å². The van der Waals surface area contributed by atoms with E-state index in [1.807, 2.05) is 59.7 Å². The molecule has 5 aromatic rings. The van der Waals surface area contributed by atoms with Crippen LogP contribution in [0.3, 0.4) is 0 Å². The Morgan fingerprint density at radius 1 is 0.354 bits per heavy atom. The SMILES string of the molecule is CC[C@H](C)[C@H](NC(=O)[C@H](C)NC(=O)[C@@H](N)Cc1ccccc1)C(=O)N[C@@H](CCCCN)C(=O)N[C@@H](Cc1c[nH]c2ccccc12)C(=O)N[C@@H](CCC(=O)O)C(=O)N[C@@H](Cc1ccc(O)cc1)C(=O)N[C@H](C(=O)N[C@@H](CC(C)C)C(=O)N[C@@H](CC(C)C)C(=O)N[C@@H](CC(C)C)C(=O)N[C@@H](Cc1ccccc1)C(=O)N[C@@H](CC(C)C)C(=O)N[C@@H](CC(C)C)C(=O)O)C(C)C. The summed E-state index contributed by atoms with van der Waals surface area (Å²) in [5.74, 6) is -15.9. The maximum atomic E-state index is 15.2. The molecule has 0 aliphatic heterocycles. The van der Waals surface area contributed by atoms with Crippen LogP contribution in [0.1, 0.15) is 197 Å². The molecule has 0 aliphatic rings. The van der Waals surface area contributed by atoms with Gasteiger partial charge in [0.1, 0.15) is 84.3 Å². The highest BCUT2D eigenvalue weighted by atomic mass is 16.4. The van der Waals surface area contributed by atoms with Gasteiger partial charge in [0.05, 0.1) is 6.04 Å². The van der Waals surface area contributed by atoms with E-state index in [-0.39, 0.29) is 106 Å². The van der Waals surface area contributed by atoms with Crippen molar-refractivity contribution in [2.24, 2.45) is 52.9 Å². The molecule has 34 heteroatoms. The molecule has 21 N–H and O–H groups in total. The van der Waals surface area contributed by atoms with Gasteiger partial charge in [-0.25, -0.2) is 4.79 Å². The van der Waals surface area contributed by atoms with Crippen molar-refractivity contribution in [3.05, 3.63) is 138 Å². The van der Waals surface area contributed by atoms with Crippen LogP contribution in [0.5, 0.6) is 5.75 Å². The van der Waals surface area contributed by atoms with Gasteiger partial charge in [-0.3, -0.25) is 67.1 Å². The van der Waals surface area contributed by atoms with Gasteiger partial charge < -0.3 is 101 Å². The first kappa shape index (κ1) is 106. The van der Waals surface area contributed by atoms with Gasteiger partial charge in [0.2, 0.25) is 76.8 Å². The van der Waals surface area contributed by atoms with Crippen LogP contribution in [-0.2, 0) is 97.6 Å². The first-order valence-electron chi connectivity index (χ1n) is 44.2. The fourth-order valence-corrected chi connectivity index (χ4v) is 14.5. The van der Waals surface area contributed by atoms with Crippen LogP contribution >= 0.6 is 0 Å². The minimum absolute atomic E-state index is 0.00867. The molecule has 698 valence electrons. The van der Waals surface area contributed by atoms with E-state index in [0.29, 0.717) is 46.9 Å². The highest BCUT2D eigenvalue weighted by Crippen LogP contribution is 2.23. The molecule has 0 saturated heterocycles. The third-order valence-corrected chi connectivity index (χ3v) is 21.6. The van der Waals surface area contributed by atoms with Gasteiger partial charge in [-0.05, 0) is 160 Å². The number of phenols is 1. The number of benzene rings is 4. The number of carbonyl (C=O) groups is 15. The normalized spacial score (nSPS) is 15.0. The number of aromatic amines is 1. The van der Waals surface area contributed by atoms with E-state index in [9.17, 15) is 72.9 Å². The lowest BCUT2D eigenvalue weighted by molar-refractivity contribution is -0.143. The van der Waals surface area contributed by atoms with Gasteiger partial charge in [0.15, 0.2) is 0 Å². The number of nitrogens with one attached hydrogen (secondary N) is 14. The number of nitrogens with two attached hydrogens (primary N) is 2. The highest BCUT2D eigenvalue weighted by molar-refractivity contribution is 6.01. The number of carboxylic acids is 2. The number of rotatable bonds is 55. The van der Waals surface area contributed by atoms with E-state index in [1.165, 1.54) is 31.2 Å². The number of fused-ring (bicyclic) bond motifs is 1. The fraction of sp³-hybridized carbons (Fsp3) is 0.559. The first-order valence-corrected chi connectivity index (χ1v) is 44.2. The third-order valence-electron chi connectivity index (χ3n) is 21.6. The summed E-state index contributed by atoms with van der Waals surface area (Å²) >= 11 is 0. The van der Waals surface area contributed by atoms with E-state index in [4.69, 9.17) is 11.5 Å². The standard InChI is InChI=1S/C93H138N16O18/c1-16-57(14)79(109-80(113)58(15)97-81(114)65(95)46-59-27-19-17-20-28-59)92(125)99-67(33-25-26-40-94)82(115)105-75(49-62-50-96-66-32-24-23-31-64(62)66)89(122)98-68(38-39-77(111)112)83(116)103-74(48-61-34-36-63(110)37-35-61)90(123)108-78(56(12)13)91(124)106-72(44-54(8)9)86(119)101-69(41-51(2)3)84(117)100-70(42-52(4)5)85(118)104-73(47-60-29-21-18-22-30-60)88(121)102-71(43-53(6)7)87(120)107-76(93(126)127)45-55(10)11/h17-24,27-32,34-37,50-58,65,67-76,78-79,96,110H,16,25-26,33,38-49,94-95H2,1-15H3,(H,97,114)(H,98,122)(H,99,125)(H,100,117)(H,101,119)(H,102,121)(H,103,116)(H,104,118)(H,105,115)(H,106,124)(H,107,120)(H,108,123)(H,109,113)(H,111,112)(H,126,127)/t57-,58-,65-,67-,68-,69-,70-,71-,72-,73-,74-,75-,76-,78-,79-/m0/s1. The molecule has 127 heavy (non-hydrogen) atoms. The van der Waals surface area contributed by atoms with E-state index >= 15 is 14.4 Å². The smallest absolute Gasteiger partial charge is 0.326 e. The highest BCUT2D eigenvalue weighted by Gasteiger charge is 2.40. The van der Waals surface area contributed by atoms with Gasteiger partial charge in [-0.2, -0.15) is 0 Å². The second-order valence-electron chi connectivity index (χ2n) is 35.6. The van der Waals surface area contributed by atoms with E-state index in [1.54, 1.807) is 128 Å². The number of H-pyrrole nitrogens is 1. The van der Waals surface area contributed by atoms with Gasteiger partial charge in [0, 0.05) is 42.8 Å². The third kappa shape index (κ3) is 36.6. The van der Waals surface area contributed by atoms with Gasteiger partial charge in [-0.1, -0.05) is 194 Å². The zero-order valence-corrected chi connectivity index (χ0v) is 76.0. The number of carbonyl (C=O) groups excluding carboxylic acids is 13. The van der Waals surface area contributed by atoms with Crippen LogP contribution in [0, 0.1) is 41.4 Å². The Hall–Kier alpha value is -11.8. The monoisotopic (exact) mass is 1770 g/mol. The maximum Gasteiger partial charge on any atom is 0.326 e. The van der Waals surface area contributed by atoms with E-state index in [2.05, 4.69) is 74.1 Å². The summed E-state index contributed by atoms with van der Waals surface area (Å²) in [4.78, 5) is 218. The predicted molar refractivity (Wildman–Crippen MR) is 482 cm³/mol. The molecular formula is C93H138N16O18. The summed E-state index contributed by atoms with van der Waals surface area (Å²) in [6.07, 6.45) is 1.18. The maximum absolute atomic E-state index is 15.2. The summed E-state index contributed by atoms with van der Waals surface area (Å²) in [6.45, 7) is 26.4. The van der Waals surface area contributed by atoms with Crippen LogP contribution in [0.15, 0.2) is 115 Å². The number of aromatic hydroxyl groups is 1. The zero-order valence-electron chi connectivity index (χ0n) is 76.0. The number of para-hydroxylation sites is 1. The molecule has 0 unspecified atom stereocenters. The Morgan fingerprint density at radius 2 is 0.709 bits per heavy atom. The largest absolute Gasteiger partial charge is 0.508 e. The molecule has 13 amide bonds. The minimum Gasteiger partial charge on any atom is -0.508 e. The Labute approximate surface area is 745 Å². The fourth-order valence-electron chi connectivity index (χ4n) is 14.5. The molecule has 4 aromatic carbocycles. The van der Waals surface area contributed by atoms with Gasteiger partial charge >= 0.3 is 11.9 Å². The second kappa shape index (κ2) is 53.0. The lowest BCUT2D eigenvalue weighted by atomic mass is 9.96. The van der Waals surface area contributed by atoms with Crippen molar-refractivity contribution in [3.8, 4) is 5.75 Å². The van der Waals surface area contributed by atoms with Crippen molar-refractivity contribution in [2.45, 2.75) is 285 Å². The molecule has 5 rings (SSSR count). The van der Waals surface area contributed by atoms with Crippen LogP contribution in [0.2, 0.25) is 0 Å². The molecule has 0 aliphatic carbocycles. The average molecular weight is 1770 g/mol. The Morgan fingerprint density at radius 3 is 1.15 bits per heavy atom. The quantitative estimate of drug-likeness (QED) is 0.0232. The summed E-state index contributed by atoms with van der Waals surface area (Å²) in [6, 6.07) is 11.4. The second-order valence-corrected chi connectivity index (χ2v) is 35.6. The van der Waals surface area contributed by atoms with Crippen LogP contribution < -0.4 is 80.6 Å². The lowest BCUT2D eigenvalue weighted by Crippen LogP contribution is -2.62.